The summed E-state index contributed by atoms with van der Waals surface area (Å²) in [6, 6.07) is 58.5. The van der Waals surface area contributed by atoms with Crippen molar-refractivity contribution in [3.8, 4) is 67.5 Å². The molecule has 1 aromatic heterocycles. The molecule has 1 heterocycles. The van der Waals surface area contributed by atoms with Crippen molar-refractivity contribution in [1.29, 1.82) is 0 Å². The van der Waals surface area contributed by atoms with E-state index in [9.17, 15) is 2.74 Å². The van der Waals surface area contributed by atoms with E-state index in [0.717, 1.165) is 60.3 Å². The lowest BCUT2D eigenvalue weighted by Crippen LogP contribution is -2.00. The number of hydrogen-bond donors (Lipinski definition) is 0. The number of fused-ring (bicyclic) bond motifs is 7. The number of rotatable bonds is 6. The van der Waals surface area contributed by atoms with Gasteiger partial charge in [-0.05, 0) is 130 Å². The molecule has 0 bridgehead atoms. The van der Waals surface area contributed by atoms with Gasteiger partial charge < -0.3 is 0 Å². The van der Waals surface area contributed by atoms with Gasteiger partial charge in [0.25, 0.3) is 0 Å². The smallest absolute Gasteiger partial charge is 0.164 e. The topological polar surface area (TPSA) is 38.7 Å². The van der Waals surface area contributed by atoms with Crippen molar-refractivity contribution < 1.29 is 9.60 Å². The molecule has 0 saturated heterocycles. The number of hydrogen-bond acceptors (Lipinski definition) is 3. The van der Waals surface area contributed by atoms with Crippen LogP contribution < -0.4 is 0 Å². The highest BCUT2D eigenvalue weighted by atomic mass is 15.0. The van der Waals surface area contributed by atoms with Crippen LogP contribution in [0.25, 0.3) is 121 Å². The van der Waals surface area contributed by atoms with E-state index in [1.807, 2.05) is 72.8 Å². The zero-order valence-electron chi connectivity index (χ0n) is 40.2. The second-order valence-corrected chi connectivity index (χ2v) is 15.5. The summed E-state index contributed by atoms with van der Waals surface area (Å²) in [7, 11) is 0. The highest BCUT2D eigenvalue weighted by Crippen LogP contribution is 2.37. The average Bonchev–Trinajstić information content (AvgIpc) is 3.40. The number of aromatic nitrogens is 3. The number of benzene rings is 11. The molecule has 3 nitrogen and oxygen atoms in total. The third-order valence-corrected chi connectivity index (χ3v) is 11.7. The van der Waals surface area contributed by atoms with Gasteiger partial charge in [-0.1, -0.05) is 182 Å². The lowest BCUT2D eigenvalue weighted by atomic mass is 9.93. The molecule has 0 aliphatic heterocycles. The van der Waals surface area contributed by atoms with Crippen LogP contribution in [0.15, 0.2) is 224 Å². The van der Waals surface area contributed by atoms with Gasteiger partial charge in [-0.25, -0.2) is 15.0 Å². The maximum absolute atomic E-state index is 9.52. The highest BCUT2D eigenvalue weighted by Gasteiger charge is 2.17. The Morgan fingerprint density at radius 3 is 1.50 bits per heavy atom. The summed E-state index contributed by atoms with van der Waals surface area (Å²) in [5.41, 5.74) is 6.36. The molecule has 0 atom stereocenters. The Morgan fingerprint density at radius 1 is 0.258 bits per heavy atom. The van der Waals surface area contributed by atoms with Crippen molar-refractivity contribution in [2.45, 2.75) is 0 Å². The van der Waals surface area contributed by atoms with Gasteiger partial charge in [0, 0.05) is 16.7 Å². The van der Waals surface area contributed by atoms with Gasteiger partial charge in [0.1, 0.15) is 0 Å². The van der Waals surface area contributed by atoms with Gasteiger partial charge in [0.05, 0.1) is 9.60 Å². The Bertz CT molecular complexity index is 4110. The van der Waals surface area contributed by atoms with E-state index in [4.69, 9.17) is 21.8 Å². The summed E-state index contributed by atoms with van der Waals surface area (Å²) in [5.74, 6) is 1.24. The maximum atomic E-state index is 9.52. The first-order valence-electron chi connectivity index (χ1n) is 24.0. The van der Waals surface area contributed by atoms with Crippen LogP contribution >= 0.6 is 0 Å². The Labute approximate surface area is 369 Å². The molecule has 0 aliphatic carbocycles. The molecule has 0 spiro atoms. The van der Waals surface area contributed by atoms with E-state index in [-0.39, 0.29) is 34.5 Å². The standard InChI is InChI=1S/C59H37N3/c1-3-11-38(12-4-1)43-21-22-45-33-47(24-23-44(45)32-43)51-35-50(46-20-19-39-13-7-8-17-42(39)31-46)36-52(37-51)59-61-57(41-15-5-2-6-16-41)60-58(62-59)49-27-28-54-48(34-49)26-30-55-53-18-10-9-14-40(53)25-29-56(54)55/h1-37H/i7D,8D,13D,17D,19D,20D,31D. The van der Waals surface area contributed by atoms with Crippen LogP contribution in [0.2, 0.25) is 0 Å². The third-order valence-electron chi connectivity index (χ3n) is 11.7. The molecule has 0 saturated carbocycles. The Hall–Kier alpha value is -8.27. The van der Waals surface area contributed by atoms with E-state index in [2.05, 4.69) is 103 Å². The fourth-order valence-electron chi connectivity index (χ4n) is 8.55. The first-order valence-corrected chi connectivity index (χ1v) is 20.5. The molecule has 0 amide bonds. The van der Waals surface area contributed by atoms with E-state index < -0.39 is 24.2 Å². The lowest BCUT2D eigenvalue weighted by Gasteiger charge is -2.14. The normalized spacial score (nSPS) is 13.1. The zero-order valence-corrected chi connectivity index (χ0v) is 33.2. The summed E-state index contributed by atoms with van der Waals surface area (Å²) in [6.07, 6.45) is 0. The van der Waals surface area contributed by atoms with Gasteiger partial charge in [0.15, 0.2) is 17.5 Å². The average molecular weight is 795 g/mol. The number of nitrogens with zero attached hydrogens (tertiary/aromatic N) is 3. The summed E-state index contributed by atoms with van der Waals surface area (Å²) in [5, 5.41) is 8.62. The first kappa shape index (κ1) is 29.0. The molecule has 288 valence electrons. The monoisotopic (exact) mass is 794 g/mol. The molecular weight excluding hydrogens is 751 g/mol. The van der Waals surface area contributed by atoms with Crippen molar-refractivity contribution in [2.24, 2.45) is 0 Å². The van der Waals surface area contributed by atoms with Crippen LogP contribution in [0.4, 0.5) is 0 Å². The van der Waals surface area contributed by atoms with Gasteiger partial charge in [0.2, 0.25) is 0 Å². The summed E-state index contributed by atoms with van der Waals surface area (Å²) >= 11 is 0. The van der Waals surface area contributed by atoms with Crippen LogP contribution in [-0.4, -0.2) is 15.0 Å². The van der Waals surface area contributed by atoms with Gasteiger partial charge in [-0.2, -0.15) is 0 Å². The molecular formula is C59H37N3. The highest BCUT2D eigenvalue weighted by molar-refractivity contribution is 6.17. The van der Waals surface area contributed by atoms with Crippen molar-refractivity contribution in [2.75, 3.05) is 0 Å². The second kappa shape index (κ2) is 14.8. The zero-order chi connectivity index (χ0) is 47.1. The van der Waals surface area contributed by atoms with Crippen LogP contribution in [0.5, 0.6) is 0 Å². The Balaban J connectivity index is 1.08. The molecule has 0 aliphatic rings. The van der Waals surface area contributed by atoms with E-state index in [0.29, 0.717) is 28.6 Å². The molecule has 62 heavy (non-hydrogen) atoms. The van der Waals surface area contributed by atoms with Gasteiger partial charge in [-0.3, -0.25) is 0 Å². The van der Waals surface area contributed by atoms with Crippen LogP contribution in [0.1, 0.15) is 9.60 Å². The Kier molecular flexibility index (Phi) is 6.92. The summed E-state index contributed by atoms with van der Waals surface area (Å²) in [4.78, 5) is 15.3. The lowest BCUT2D eigenvalue weighted by molar-refractivity contribution is 1.07. The minimum absolute atomic E-state index is 0.0565. The molecule has 0 fully saturated rings. The van der Waals surface area contributed by atoms with Crippen LogP contribution in [-0.2, 0) is 0 Å². The van der Waals surface area contributed by atoms with E-state index >= 15 is 0 Å². The maximum Gasteiger partial charge on any atom is 0.164 e. The van der Waals surface area contributed by atoms with Crippen molar-refractivity contribution in [3.05, 3.63) is 224 Å². The molecule has 0 radical (unpaired) electrons. The fraction of sp³-hybridized carbons (Fsp3) is 0. The minimum atomic E-state index is -0.516. The molecule has 12 rings (SSSR count). The van der Waals surface area contributed by atoms with Gasteiger partial charge >= 0.3 is 0 Å². The quantitative estimate of drug-likeness (QED) is 0.157. The predicted octanol–water partition coefficient (Wildman–Crippen LogP) is 15.6. The van der Waals surface area contributed by atoms with Crippen LogP contribution in [0.3, 0.4) is 0 Å². The summed E-state index contributed by atoms with van der Waals surface area (Å²) in [6.45, 7) is 0. The Morgan fingerprint density at radius 2 is 0.758 bits per heavy atom. The van der Waals surface area contributed by atoms with E-state index in [1.54, 1.807) is 6.07 Å². The minimum Gasteiger partial charge on any atom is -0.208 e. The van der Waals surface area contributed by atoms with Crippen molar-refractivity contribution in [3.63, 3.8) is 0 Å². The molecule has 0 unspecified atom stereocenters. The second-order valence-electron chi connectivity index (χ2n) is 15.5. The molecule has 3 heteroatoms. The van der Waals surface area contributed by atoms with Gasteiger partial charge in [-0.15, -0.1) is 0 Å². The summed E-state index contributed by atoms with van der Waals surface area (Å²) < 4.78 is 62.3. The third kappa shape index (κ3) is 6.44. The first-order chi connectivity index (χ1) is 33.6. The predicted molar refractivity (Wildman–Crippen MR) is 260 cm³/mol. The SMILES string of the molecule is [2H]c1c([2H])c([2H])c2c([2H])c(-c3cc(-c4ccc5cc(-c6ccccc6)ccc5c4)cc(-c4nc(-c5ccccc5)nc(-c5ccc6c(ccc7c8ccccc8ccc67)c5)n4)c3)c([2H])c([2H])c2c1[2H]. The molecule has 12 aromatic rings. The largest absolute Gasteiger partial charge is 0.208 e. The van der Waals surface area contributed by atoms with Crippen molar-refractivity contribution >= 4 is 53.9 Å². The van der Waals surface area contributed by atoms with E-state index in [1.165, 1.54) is 16.2 Å². The molecule has 0 N–H and O–H groups in total. The van der Waals surface area contributed by atoms with Crippen LogP contribution in [0, 0.1) is 0 Å². The fourth-order valence-corrected chi connectivity index (χ4v) is 8.55. The van der Waals surface area contributed by atoms with Crippen molar-refractivity contribution in [1.82, 2.24) is 15.0 Å². The molecule has 11 aromatic carbocycles.